The Balaban J connectivity index is 2.06. The Morgan fingerprint density at radius 1 is 1.00 bits per heavy atom. The van der Waals surface area contributed by atoms with Crippen molar-refractivity contribution < 1.29 is 18.3 Å². The summed E-state index contributed by atoms with van der Waals surface area (Å²) < 4.78 is 38.3. The zero-order valence-electron chi connectivity index (χ0n) is 14.0. The van der Waals surface area contributed by atoms with Gasteiger partial charge in [-0.2, -0.15) is 18.3 Å². The van der Waals surface area contributed by atoms with Crippen LogP contribution >= 0.6 is 0 Å². The van der Waals surface area contributed by atoms with Gasteiger partial charge in [-0.3, -0.25) is 9.59 Å². The molecule has 0 aliphatic rings. The van der Waals surface area contributed by atoms with Crippen LogP contribution in [0.1, 0.15) is 11.1 Å². The van der Waals surface area contributed by atoms with Gasteiger partial charge >= 0.3 is 6.18 Å². The molecule has 0 radical (unpaired) electrons. The maximum absolute atomic E-state index is 12.8. The van der Waals surface area contributed by atoms with Crippen LogP contribution in [0.3, 0.4) is 0 Å². The fourth-order valence-corrected chi connectivity index (χ4v) is 2.58. The fourth-order valence-electron chi connectivity index (χ4n) is 2.58. The fraction of sp³-hybridized carbons (Fsp3) is 0.0556. The number of alkyl halides is 3. The highest BCUT2D eigenvalue weighted by atomic mass is 19.4. The minimum atomic E-state index is -4.47. The number of anilines is 2. The first-order chi connectivity index (χ1) is 13.1. The highest BCUT2D eigenvalue weighted by Crippen LogP contribution is 2.32. The summed E-state index contributed by atoms with van der Waals surface area (Å²) >= 11 is 0. The monoisotopic (exact) mass is 390 g/mol. The molecule has 0 aliphatic carbocycles. The van der Waals surface area contributed by atoms with E-state index in [2.05, 4.69) is 10.4 Å². The summed E-state index contributed by atoms with van der Waals surface area (Å²) in [6, 6.07) is 8.91. The van der Waals surface area contributed by atoms with Gasteiger partial charge in [0.2, 0.25) is 0 Å². The summed E-state index contributed by atoms with van der Waals surface area (Å²) in [4.78, 5) is 22.7. The first kappa shape index (κ1) is 19.0. The Bertz CT molecular complexity index is 1140. The van der Waals surface area contributed by atoms with Gasteiger partial charge in [-0.25, -0.2) is 0 Å². The quantitative estimate of drug-likeness (QED) is 0.177. The van der Waals surface area contributed by atoms with Gasteiger partial charge in [-0.05, 0) is 41.5 Å². The van der Waals surface area contributed by atoms with Crippen molar-refractivity contribution in [3.05, 3.63) is 74.0 Å². The molecule has 0 amide bonds. The molecule has 0 aromatic heterocycles. The SMILES string of the molecule is N/N=C(\N)c1cc(Nc2c(O)c(=O)c2=O)cc(-c2ccc(C(F)(F)F)cc2)c1. The maximum Gasteiger partial charge on any atom is 0.416 e. The van der Waals surface area contributed by atoms with Crippen molar-refractivity contribution in [1.29, 1.82) is 0 Å². The van der Waals surface area contributed by atoms with Crippen molar-refractivity contribution in [2.75, 3.05) is 5.32 Å². The molecule has 0 spiro atoms. The molecule has 3 rings (SSSR count). The molecular weight excluding hydrogens is 377 g/mol. The van der Waals surface area contributed by atoms with E-state index < -0.39 is 28.3 Å². The van der Waals surface area contributed by atoms with Gasteiger partial charge in [-0.15, -0.1) is 0 Å². The smallest absolute Gasteiger partial charge is 0.416 e. The van der Waals surface area contributed by atoms with Crippen LogP contribution in [-0.4, -0.2) is 10.9 Å². The van der Waals surface area contributed by atoms with Gasteiger partial charge < -0.3 is 22.0 Å². The van der Waals surface area contributed by atoms with E-state index in [1.807, 2.05) is 0 Å². The number of nitrogens with two attached hydrogens (primary N) is 2. The number of nitrogens with one attached hydrogen (secondary N) is 1. The van der Waals surface area contributed by atoms with Gasteiger partial charge in [0.05, 0.1) is 5.56 Å². The number of benzene rings is 2. The Kier molecular flexibility index (Phi) is 4.55. The summed E-state index contributed by atoms with van der Waals surface area (Å²) in [6.45, 7) is 0. The lowest BCUT2D eigenvalue weighted by Gasteiger charge is -2.13. The summed E-state index contributed by atoms with van der Waals surface area (Å²) in [5, 5.41) is 15.5. The van der Waals surface area contributed by atoms with E-state index in [9.17, 15) is 27.9 Å². The molecule has 0 atom stereocenters. The number of nitrogens with zero attached hydrogens (tertiary/aromatic N) is 1. The number of hydrogen-bond donors (Lipinski definition) is 4. The van der Waals surface area contributed by atoms with Crippen molar-refractivity contribution in [3.8, 4) is 16.9 Å². The predicted octanol–water partition coefficient (Wildman–Crippen LogP) is 2.00. The number of hydrazone groups is 1. The van der Waals surface area contributed by atoms with Gasteiger partial charge in [0.25, 0.3) is 10.9 Å². The molecule has 3 aromatic rings. The summed E-state index contributed by atoms with van der Waals surface area (Å²) in [5.74, 6) is 4.42. The Morgan fingerprint density at radius 3 is 2.18 bits per heavy atom. The van der Waals surface area contributed by atoms with Crippen LogP contribution in [0.15, 0.2) is 57.2 Å². The molecule has 0 bridgehead atoms. The van der Waals surface area contributed by atoms with E-state index in [1.165, 1.54) is 24.3 Å². The molecule has 0 saturated heterocycles. The molecule has 0 saturated carbocycles. The minimum Gasteiger partial charge on any atom is -0.502 e. The number of halogens is 3. The second kappa shape index (κ2) is 6.72. The molecular formula is C18H13F3N4O3. The van der Waals surface area contributed by atoms with Gasteiger partial charge in [0.1, 0.15) is 11.5 Å². The van der Waals surface area contributed by atoms with Crippen LogP contribution in [0.25, 0.3) is 11.1 Å². The highest BCUT2D eigenvalue weighted by Gasteiger charge is 2.30. The Morgan fingerprint density at radius 2 is 1.64 bits per heavy atom. The first-order valence-corrected chi connectivity index (χ1v) is 7.77. The second-order valence-electron chi connectivity index (χ2n) is 5.90. The average molecular weight is 390 g/mol. The standard InChI is InChI=1S/C18H13F3N4O3/c19-18(20,21)11-3-1-8(2-4-11)9-5-10(17(22)25-23)7-12(6-9)24-13-14(26)16(28)15(13)27/h1-7,24,26H,23H2,(H2,22,25). The van der Waals surface area contributed by atoms with Crippen molar-refractivity contribution in [3.63, 3.8) is 0 Å². The molecule has 10 heteroatoms. The molecule has 3 aromatic carbocycles. The lowest BCUT2D eigenvalue weighted by Crippen LogP contribution is -2.32. The summed E-state index contributed by atoms with van der Waals surface area (Å²) in [6.07, 6.45) is -4.47. The Hall–Kier alpha value is -3.82. The van der Waals surface area contributed by atoms with Gasteiger partial charge in [-0.1, -0.05) is 12.1 Å². The normalized spacial score (nSPS) is 12.3. The molecule has 0 heterocycles. The molecule has 0 fully saturated rings. The average Bonchev–Trinajstić information content (AvgIpc) is 2.69. The van der Waals surface area contributed by atoms with Crippen LogP contribution in [0.5, 0.6) is 5.75 Å². The second-order valence-corrected chi connectivity index (χ2v) is 5.90. The van der Waals surface area contributed by atoms with Crippen molar-refractivity contribution >= 4 is 17.2 Å². The maximum atomic E-state index is 12.8. The minimum absolute atomic E-state index is 0.0639. The van der Waals surface area contributed by atoms with E-state index >= 15 is 0 Å². The van der Waals surface area contributed by atoms with Crippen LogP contribution in [0.2, 0.25) is 0 Å². The van der Waals surface area contributed by atoms with E-state index in [0.717, 1.165) is 12.1 Å². The topological polar surface area (TPSA) is 131 Å². The van der Waals surface area contributed by atoms with E-state index in [1.54, 1.807) is 6.07 Å². The third-order valence-electron chi connectivity index (χ3n) is 4.07. The third kappa shape index (κ3) is 3.39. The highest BCUT2D eigenvalue weighted by molar-refractivity contribution is 5.99. The van der Waals surface area contributed by atoms with Crippen LogP contribution in [0.4, 0.5) is 24.5 Å². The van der Waals surface area contributed by atoms with E-state index in [4.69, 9.17) is 11.6 Å². The van der Waals surface area contributed by atoms with E-state index in [0.29, 0.717) is 16.7 Å². The van der Waals surface area contributed by atoms with E-state index in [-0.39, 0.29) is 17.2 Å². The van der Waals surface area contributed by atoms with Crippen LogP contribution in [-0.2, 0) is 6.18 Å². The van der Waals surface area contributed by atoms with Crippen molar-refractivity contribution in [2.45, 2.75) is 6.18 Å². The Labute approximate surface area is 155 Å². The zero-order valence-corrected chi connectivity index (χ0v) is 14.0. The molecule has 28 heavy (non-hydrogen) atoms. The van der Waals surface area contributed by atoms with Crippen LogP contribution < -0.4 is 27.8 Å². The number of rotatable bonds is 4. The van der Waals surface area contributed by atoms with Gasteiger partial charge in [0.15, 0.2) is 5.75 Å². The molecule has 6 N–H and O–H groups in total. The number of hydrogen-bond acceptors (Lipinski definition) is 6. The molecule has 0 unspecified atom stereocenters. The lowest BCUT2D eigenvalue weighted by atomic mass is 10.00. The largest absolute Gasteiger partial charge is 0.502 e. The van der Waals surface area contributed by atoms with Gasteiger partial charge in [0, 0.05) is 11.3 Å². The first-order valence-electron chi connectivity index (χ1n) is 7.77. The summed E-state index contributed by atoms with van der Waals surface area (Å²) in [7, 11) is 0. The zero-order chi connectivity index (χ0) is 20.6. The van der Waals surface area contributed by atoms with Crippen molar-refractivity contribution in [2.24, 2.45) is 16.7 Å². The summed E-state index contributed by atoms with van der Waals surface area (Å²) in [5.41, 5.74) is 4.16. The molecule has 144 valence electrons. The van der Waals surface area contributed by atoms with Crippen molar-refractivity contribution in [1.82, 2.24) is 0 Å². The number of amidine groups is 1. The predicted molar refractivity (Wildman–Crippen MR) is 98.1 cm³/mol. The van der Waals surface area contributed by atoms with Crippen LogP contribution in [0, 0.1) is 0 Å². The molecule has 7 nitrogen and oxygen atoms in total. The lowest BCUT2D eigenvalue weighted by molar-refractivity contribution is -0.137. The third-order valence-corrected chi connectivity index (χ3v) is 4.07. The molecule has 0 aliphatic heterocycles. The number of aromatic hydroxyl groups is 1.